The summed E-state index contributed by atoms with van der Waals surface area (Å²) >= 11 is 5.93. The molecule has 3 aromatic carbocycles. The van der Waals surface area contributed by atoms with Crippen LogP contribution in [0.1, 0.15) is 35.5 Å². The van der Waals surface area contributed by atoms with Gasteiger partial charge in [-0.05, 0) is 69.3 Å². The van der Waals surface area contributed by atoms with E-state index in [1.165, 1.54) is 67.8 Å². The van der Waals surface area contributed by atoms with Gasteiger partial charge in [0.05, 0.1) is 16.8 Å². The number of aliphatic carboxylic acids is 1. The summed E-state index contributed by atoms with van der Waals surface area (Å²) in [6.07, 6.45) is -4.98. The van der Waals surface area contributed by atoms with Crippen molar-refractivity contribution in [2.45, 2.75) is 32.7 Å². The van der Waals surface area contributed by atoms with E-state index < -0.39 is 35.3 Å². The van der Waals surface area contributed by atoms with Gasteiger partial charge in [-0.1, -0.05) is 11.6 Å². The Balaban J connectivity index is 1.97. The molecule has 6 nitrogen and oxygen atoms in total. The third-order valence-corrected chi connectivity index (χ3v) is 6.04. The van der Waals surface area contributed by atoms with E-state index in [-0.39, 0.29) is 39.2 Å². The van der Waals surface area contributed by atoms with Crippen molar-refractivity contribution in [1.82, 2.24) is 4.57 Å². The minimum Gasteiger partial charge on any atom is -0.478 e. The Hall–Kier alpha value is -4.05. The summed E-state index contributed by atoms with van der Waals surface area (Å²) in [6.45, 7) is 4.12. The maximum absolute atomic E-state index is 15.2. The molecule has 0 bridgehead atoms. The zero-order valence-electron chi connectivity index (χ0n) is 20.2. The number of carboxylic acid groups (broad SMARTS) is 1. The van der Waals surface area contributed by atoms with Gasteiger partial charge in [0.1, 0.15) is 17.3 Å². The lowest BCUT2D eigenvalue weighted by Gasteiger charge is -2.22. The van der Waals surface area contributed by atoms with Gasteiger partial charge in [-0.15, -0.1) is 13.2 Å². The van der Waals surface area contributed by atoms with Crippen LogP contribution in [0.2, 0.25) is 5.02 Å². The lowest BCUT2D eigenvalue weighted by Crippen LogP contribution is -2.37. The highest BCUT2D eigenvalue weighted by Gasteiger charge is 2.33. The predicted molar refractivity (Wildman–Crippen MR) is 132 cm³/mol. The number of carbonyl (C=O) groups is 2. The molecule has 0 radical (unpaired) electrons. The topological polar surface area (TPSA) is 77.8 Å². The number of rotatable bonds is 7. The molecule has 0 aliphatic heterocycles. The maximum atomic E-state index is 15.2. The number of fused-ring (bicyclic) bond motifs is 1. The smallest absolute Gasteiger partial charge is 0.478 e. The molecule has 0 saturated heterocycles. The normalized spacial score (nSPS) is 12.0. The van der Waals surface area contributed by atoms with Crippen LogP contribution in [0.5, 0.6) is 11.5 Å². The molecule has 1 aromatic heterocycles. The number of carboxylic acids is 1. The van der Waals surface area contributed by atoms with Gasteiger partial charge >= 0.3 is 12.3 Å². The van der Waals surface area contributed by atoms with Gasteiger partial charge < -0.3 is 19.1 Å². The highest BCUT2D eigenvalue weighted by molar-refractivity contribution is 6.30. The Bertz CT molecular complexity index is 1560. The second-order valence-electron chi connectivity index (χ2n) is 8.89. The Labute approximate surface area is 219 Å². The minimum atomic E-state index is -4.98. The molecular weight excluding hydrogens is 530 g/mol. The quantitative estimate of drug-likeness (QED) is 0.196. The Kier molecular flexibility index (Phi) is 6.88. The van der Waals surface area contributed by atoms with Crippen molar-refractivity contribution in [3.05, 3.63) is 88.3 Å². The predicted octanol–water partition coefficient (Wildman–Crippen LogP) is 7.10. The number of nitrogens with zero attached hydrogens (tertiary/aromatic N) is 1. The number of ketones is 1. The monoisotopic (exact) mass is 549 g/mol. The summed E-state index contributed by atoms with van der Waals surface area (Å²) in [4.78, 5) is 25.0. The van der Waals surface area contributed by atoms with E-state index in [4.69, 9.17) is 16.3 Å². The molecule has 1 N–H and O–H groups in total. The number of alkyl halides is 3. The molecule has 0 spiro atoms. The standard InChI is InChI=1S/C27H20ClF4NO5/c1-14-23(24(34)15-4-6-16(28)7-5-15)19-10-8-18(38-27(30,31)32)12-21(19)33(14)22-13-17(9-11-20(22)29)37-26(2,3)25(35)36/h4-13H,1-3H3,(H,35,36). The second-order valence-corrected chi connectivity index (χ2v) is 9.33. The Morgan fingerprint density at radius 3 is 2.13 bits per heavy atom. The molecule has 38 heavy (non-hydrogen) atoms. The van der Waals surface area contributed by atoms with Crippen LogP contribution in [0.3, 0.4) is 0 Å². The molecule has 0 saturated carbocycles. The van der Waals surface area contributed by atoms with Gasteiger partial charge in [-0.3, -0.25) is 4.79 Å². The number of hydrogen-bond donors (Lipinski definition) is 1. The Morgan fingerprint density at radius 2 is 1.53 bits per heavy atom. The first-order valence-corrected chi connectivity index (χ1v) is 11.5. The fourth-order valence-electron chi connectivity index (χ4n) is 4.00. The van der Waals surface area contributed by atoms with Crippen LogP contribution >= 0.6 is 11.6 Å². The molecular formula is C27H20ClF4NO5. The lowest BCUT2D eigenvalue weighted by molar-refractivity contribution is -0.274. The zero-order valence-corrected chi connectivity index (χ0v) is 20.9. The molecule has 11 heteroatoms. The number of carbonyl (C=O) groups excluding carboxylic acids is 1. The van der Waals surface area contributed by atoms with Gasteiger partial charge in [-0.25, -0.2) is 9.18 Å². The van der Waals surface area contributed by atoms with Crippen molar-refractivity contribution in [3.63, 3.8) is 0 Å². The molecule has 198 valence electrons. The van der Waals surface area contributed by atoms with Crippen LogP contribution in [0.25, 0.3) is 16.6 Å². The molecule has 4 rings (SSSR count). The molecule has 0 amide bonds. The zero-order chi connectivity index (χ0) is 28.0. The molecule has 0 atom stereocenters. The van der Waals surface area contributed by atoms with Crippen LogP contribution in [-0.4, -0.2) is 33.4 Å². The van der Waals surface area contributed by atoms with Crippen LogP contribution in [0.4, 0.5) is 17.6 Å². The van der Waals surface area contributed by atoms with Gasteiger partial charge in [0.2, 0.25) is 0 Å². The molecule has 0 aliphatic rings. The van der Waals surface area contributed by atoms with Crippen molar-refractivity contribution >= 4 is 34.3 Å². The van der Waals surface area contributed by atoms with Crippen LogP contribution in [0, 0.1) is 12.7 Å². The molecule has 0 unspecified atom stereocenters. The molecule has 0 fully saturated rings. The number of aromatic nitrogens is 1. The van der Waals surface area contributed by atoms with E-state index in [1.54, 1.807) is 0 Å². The summed E-state index contributed by atoms with van der Waals surface area (Å²) in [5.74, 6) is -3.11. The summed E-state index contributed by atoms with van der Waals surface area (Å²) in [7, 11) is 0. The molecule has 1 heterocycles. The SMILES string of the molecule is Cc1c(C(=O)c2ccc(Cl)cc2)c2ccc(OC(F)(F)F)cc2n1-c1cc(OC(C)(C)C(=O)O)ccc1F. The molecule has 4 aromatic rings. The summed E-state index contributed by atoms with van der Waals surface area (Å²) < 4.78 is 64.9. The summed E-state index contributed by atoms with van der Waals surface area (Å²) in [5.41, 5.74) is -1.18. The fourth-order valence-corrected chi connectivity index (χ4v) is 4.13. The van der Waals surface area contributed by atoms with E-state index >= 15 is 4.39 Å². The van der Waals surface area contributed by atoms with Crippen molar-refractivity contribution in [2.75, 3.05) is 0 Å². The largest absolute Gasteiger partial charge is 0.573 e. The van der Waals surface area contributed by atoms with E-state index in [1.807, 2.05) is 0 Å². The highest BCUT2D eigenvalue weighted by Crippen LogP contribution is 2.36. The van der Waals surface area contributed by atoms with E-state index in [0.717, 1.165) is 18.2 Å². The molecule has 0 aliphatic carbocycles. The van der Waals surface area contributed by atoms with Crippen molar-refractivity contribution in [2.24, 2.45) is 0 Å². The average Bonchev–Trinajstić information content (AvgIpc) is 3.10. The first-order chi connectivity index (χ1) is 17.7. The van der Waals surface area contributed by atoms with E-state index in [2.05, 4.69) is 4.74 Å². The van der Waals surface area contributed by atoms with Gasteiger partial charge in [-0.2, -0.15) is 0 Å². The minimum absolute atomic E-state index is 0.0108. The van der Waals surface area contributed by atoms with Crippen molar-refractivity contribution in [3.8, 4) is 17.2 Å². The van der Waals surface area contributed by atoms with Gasteiger partial charge in [0.15, 0.2) is 11.4 Å². The Morgan fingerprint density at radius 1 is 0.921 bits per heavy atom. The third-order valence-electron chi connectivity index (χ3n) is 5.79. The lowest BCUT2D eigenvalue weighted by atomic mass is 10.0. The van der Waals surface area contributed by atoms with E-state index in [9.17, 15) is 27.9 Å². The van der Waals surface area contributed by atoms with Gasteiger partial charge in [0.25, 0.3) is 0 Å². The maximum Gasteiger partial charge on any atom is 0.573 e. The second kappa shape index (κ2) is 9.68. The summed E-state index contributed by atoms with van der Waals surface area (Å²) in [5, 5.41) is 10.0. The fraction of sp³-hybridized carbons (Fsp3) is 0.185. The van der Waals surface area contributed by atoms with Crippen molar-refractivity contribution in [1.29, 1.82) is 0 Å². The highest BCUT2D eigenvalue weighted by atomic mass is 35.5. The van der Waals surface area contributed by atoms with Crippen LogP contribution in [-0.2, 0) is 4.79 Å². The number of ether oxygens (including phenoxy) is 2. The first-order valence-electron chi connectivity index (χ1n) is 11.1. The van der Waals surface area contributed by atoms with Crippen molar-refractivity contribution < 1.29 is 41.7 Å². The average molecular weight is 550 g/mol. The van der Waals surface area contributed by atoms with E-state index in [0.29, 0.717) is 5.02 Å². The number of halogens is 5. The van der Waals surface area contributed by atoms with Crippen LogP contribution in [0.15, 0.2) is 60.7 Å². The number of hydrogen-bond acceptors (Lipinski definition) is 4. The van der Waals surface area contributed by atoms with Crippen LogP contribution < -0.4 is 9.47 Å². The number of benzene rings is 3. The first kappa shape index (κ1) is 27.0. The summed E-state index contributed by atoms with van der Waals surface area (Å²) in [6, 6.07) is 12.9. The third kappa shape index (κ3) is 5.31. The van der Waals surface area contributed by atoms with Gasteiger partial charge in [0, 0.05) is 33.8 Å².